The zero-order valence-electron chi connectivity index (χ0n) is 15.3. The minimum Gasteiger partial charge on any atom is -0.497 e. The third-order valence-electron chi connectivity index (χ3n) is 4.87. The molecule has 2 heterocycles. The van der Waals surface area contributed by atoms with Crippen LogP contribution in [0, 0.1) is 13.8 Å². The zero-order chi connectivity index (χ0) is 19.1. The highest BCUT2D eigenvalue weighted by atomic mass is 35.5. The summed E-state index contributed by atoms with van der Waals surface area (Å²) in [4.78, 5) is 12.4. The second-order valence-electron chi connectivity index (χ2n) is 6.56. The van der Waals surface area contributed by atoms with Crippen molar-refractivity contribution in [2.24, 2.45) is 0 Å². The van der Waals surface area contributed by atoms with Crippen LogP contribution in [0.2, 0.25) is 5.02 Å². The molecule has 0 aliphatic carbocycles. The maximum Gasteiger partial charge on any atom is 0.256 e. The van der Waals surface area contributed by atoms with Crippen LogP contribution in [0.3, 0.4) is 0 Å². The average Bonchev–Trinajstić information content (AvgIpc) is 3.11. The van der Waals surface area contributed by atoms with E-state index in [0.29, 0.717) is 10.6 Å². The minimum atomic E-state index is -0.110. The van der Waals surface area contributed by atoms with E-state index in [0.717, 1.165) is 39.6 Å². The van der Waals surface area contributed by atoms with E-state index < -0.39 is 0 Å². The predicted molar refractivity (Wildman–Crippen MR) is 110 cm³/mol. The Morgan fingerprint density at radius 1 is 1.07 bits per heavy atom. The molecule has 1 aliphatic rings. The van der Waals surface area contributed by atoms with E-state index in [4.69, 9.17) is 16.3 Å². The van der Waals surface area contributed by atoms with Crippen LogP contribution in [0.4, 0.5) is 5.69 Å². The van der Waals surface area contributed by atoms with Crippen LogP contribution >= 0.6 is 11.6 Å². The molecule has 1 aliphatic heterocycles. The van der Waals surface area contributed by atoms with E-state index in [1.165, 1.54) is 0 Å². The maximum atomic E-state index is 12.4. The number of benzene rings is 2. The number of aromatic nitrogens is 1. The van der Waals surface area contributed by atoms with Crippen LogP contribution in [0.15, 0.2) is 48.5 Å². The fourth-order valence-electron chi connectivity index (χ4n) is 3.53. The first-order valence-corrected chi connectivity index (χ1v) is 9.02. The quantitative estimate of drug-likeness (QED) is 0.632. The van der Waals surface area contributed by atoms with Crippen LogP contribution in [-0.2, 0) is 4.79 Å². The Morgan fingerprint density at radius 3 is 2.52 bits per heavy atom. The standard InChI is InChI=1S/C22H19ClN2O2/c1-13-10-15(14(2)25(13)17-5-7-18(27-3)8-6-17)11-20-19-9-4-16(23)12-21(19)24-22(20)26/h4-12H,1-3H3,(H,24,26)/b20-11+. The lowest BCUT2D eigenvalue weighted by Crippen LogP contribution is -2.03. The number of carbonyl (C=O) groups is 1. The molecule has 0 bridgehead atoms. The van der Waals surface area contributed by atoms with Gasteiger partial charge >= 0.3 is 0 Å². The topological polar surface area (TPSA) is 43.3 Å². The van der Waals surface area contributed by atoms with Gasteiger partial charge in [-0.25, -0.2) is 0 Å². The molecule has 1 aromatic heterocycles. The largest absolute Gasteiger partial charge is 0.497 e. The molecule has 0 fully saturated rings. The number of hydrogen-bond acceptors (Lipinski definition) is 2. The van der Waals surface area contributed by atoms with Crippen molar-refractivity contribution in [3.05, 3.63) is 76.1 Å². The van der Waals surface area contributed by atoms with Gasteiger partial charge in [0.25, 0.3) is 5.91 Å². The number of hydrogen-bond donors (Lipinski definition) is 1. The number of rotatable bonds is 3. The van der Waals surface area contributed by atoms with E-state index in [1.807, 2.05) is 36.4 Å². The van der Waals surface area contributed by atoms with Gasteiger partial charge in [-0.05, 0) is 68.0 Å². The number of nitrogens with one attached hydrogen (secondary N) is 1. The van der Waals surface area contributed by atoms with E-state index >= 15 is 0 Å². The number of amides is 1. The molecule has 0 atom stereocenters. The molecule has 4 nitrogen and oxygen atoms in total. The van der Waals surface area contributed by atoms with Gasteiger partial charge in [-0.3, -0.25) is 4.79 Å². The van der Waals surface area contributed by atoms with Crippen molar-refractivity contribution in [3.63, 3.8) is 0 Å². The lowest BCUT2D eigenvalue weighted by molar-refractivity contribution is -0.110. The van der Waals surface area contributed by atoms with Gasteiger partial charge < -0.3 is 14.6 Å². The van der Waals surface area contributed by atoms with Crippen LogP contribution in [0.5, 0.6) is 5.75 Å². The first kappa shape index (κ1) is 17.4. The third-order valence-corrected chi connectivity index (χ3v) is 5.10. The molecule has 136 valence electrons. The minimum absolute atomic E-state index is 0.110. The smallest absolute Gasteiger partial charge is 0.256 e. The van der Waals surface area contributed by atoms with Crippen LogP contribution in [0.25, 0.3) is 17.3 Å². The lowest BCUT2D eigenvalue weighted by atomic mass is 10.0. The number of nitrogens with zero attached hydrogens (tertiary/aromatic N) is 1. The van der Waals surface area contributed by atoms with Crippen LogP contribution in [-0.4, -0.2) is 17.6 Å². The summed E-state index contributed by atoms with van der Waals surface area (Å²) in [7, 11) is 1.66. The van der Waals surface area contributed by atoms with Gasteiger partial charge in [-0.2, -0.15) is 0 Å². The van der Waals surface area contributed by atoms with Gasteiger partial charge in [0.05, 0.1) is 12.8 Å². The Labute approximate surface area is 163 Å². The molecule has 0 saturated carbocycles. The Kier molecular flexibility index (Phi) is 4.28. The van der Waals surface area contributed by atoms with Crippen LogP contribution in [0.1, 0.15) is 22.5 Å². The fourth-order valence-corrected chi connectivity index (χ4v) is 3.70. The molecule has 0 radical (unpaired) electrons. The predicted octanol–water partition coefficient (Wildman–Crippen LogP) is 5.25. The number of halogens is 1. The Balaban J connectivity index is 1.78. The molecule has 4 rings (SSSR count). The molecular weight excluding hydrogens is 360 g/mol. The summed E-state index contributed by atoms with van der Waals surface area (Å²) >= 11 is 6.03. The van der Waals surface area contributed by atoms with Crippen LogP contribution < -0.4 is 10.1 Å². The van der Waals surface area contributed by atoms with Crippen molar-refractivity contribution in [2.75, 3.05) is 12.4 Å². The van der Waals surface area contributed by atoms with Crippen molar-refractivity contribution < 1.29 is 9.53 Å². The molecule has 0 saturated heterocycles. The summed E-state index contributed by atoms with van der Waals surface area (Å²) in [5.41, 5.74) is 6.51. The SMILES string of the molecule is COc1ccc(-n2c(C)cc(/C=C3/C(=O)Nc4cc(Cl)ccc43)c2C)cc1. The molecular formula is C22H19ClN2O2. The fraction of sp³-hybridized carbons (Fsp3) is 0.136. The second-order valence-corrected chi connectivity index (χ2v) is 7.00. The highest BCUT2D eigenvalue weighted by Gasteiger charge is 2.24. The molecule has 1 N–H and O–H groups in total. The first-order chi connectivity index (χ1) is 13.0. The number of anilines is 1. The van der Waals surface area contributed by atoms with Crippen molar-refractivity contribution in [1.82, 2.24) is 4.57 Å². The Morgan fingerprint density at radius 2 is 1.81 bits per heavy atom. The monoisotopic (exact) mass is 378 g/mol. The normalized spacial score (nSPS) is 14.4. The van der Waals surface area contributed by atoms with Gasteiger partial charge in [0.15, 0.2) is 0 Å². The number of methoxy groups -OCH3 is 1. The summed E-state index contributed by atoms with van der Waals surface area (Å²) in [6, 6.07) is 15.5. The highest BCUT2D eigenvalue weighted by molar-refractivity contribution is 6.36. The molecule has 0 spiro atoms. The van der Waals surface area contributed by atoms with Gasteiger partial charge in [-0.15, -0.1) is 0 Å². The molecule has 1 amide bonds. The Bertz CT molecular complexity index is 1080. The van der Waals surface area contributed by atoms with E-state index in [1.54, 1.807) is 19.2 Å². The highest BCUT2D eigenvalue weighted by Crippen LogP contribution is 2.36. The number of aryl methyl sites for hydroxylation is 1. The third kappa shape index (κ3) is 3.02. The van der Waals surface area contributed by atoms with Gasteiger partial charge in [0, 0.05) is 33.2 Å². The molecule has 0 unspecified atom stereocenters. The van der Waals surface area contributed by atoms with Crippen molar-refractivity contribution >= 4 is 34.8 Å². The number of ether oxygens (including phenoxy) is 1. The lowest BCUT2D eigenvalue weighted by Gasteiger charge is -2.10. The van der Waals surface area contributed by atoms with E-state index in [9.17, 15) is 4.79 Å². The van der Waals surface area contributed by atoms with Crippen molar-refractivity contribution in [2.45, 2.75) is 13.8 Å². The van der Waals surface area contributed by atoms with Crippen molar-refractivity contribution in [3.8, 4) is 11.4 Å². The number of carbonyl (C=O) groups excluding carboxylic acids is 1. The summed E-state index contributed by atoms with van der Waals surface area (Å²) < 4.78 is 7.41. The van der Waals surface area contributed by atoms with E-state index in [2.05, 4.69) is 29.8 Å². The first-order valence-electron chi connectivity index (χ1n) is 8.64. The van der Waals surface area contributed by atoms with E-state index in [-0.39, 0.29) is 5.91 Å². The zero-order valence-corrected chi connectivity index (χ0v) is 16.1. The van der Waals surface area contributed by atoms with Crippen molar-refractivity contribution in [1.29, 1.82) is 0 Å². The summed E-state index contributed by atoms with van der Waals surface area (Å²) in [6.07, 6.45) is 1.94. The molecule has 5 heteroatoms. The summed E-state index contributed by atoms with van der Waals surface area (Å²) in [5, 5.41) is 3.49. The molecule has 3 aromatic rings. The summed E-state index contributed by atoms with van der Waals surface area (Å²) in [5.74, 6) is 0.711. The molecule has 2 aromatic carbocycles. The molecule has 27 heavy (non-hydrogen) atoms. The second kappa shape index (κ2) is 6.63. The number of fused-ring (bicyclic) bond motifs is 1. The van der Waals surface area contributed by atoms with Gasteiger partial charge in [0.2, 0.25) is 0 Å². The Hall–Kier alpha value is -2.98. The maximum absolute atomic E-state index is 12.4. The average molecular weight is 379 g/mol. The van der Waals surface area contributed by atoms with Gasteiger partial charge in [-0.1, -0.05) is 17.7 Å². The summed E-state index contributed by atoms with van der Waals surface area (Å²) in [6.45, 7) is 4.11. The van der Waals surface area contributed by atoms with Gasteiger partial charge in [0.1, 0.15) is 5.75 Å².